The van der Waals surface area contributed by atoms with Gasteiger partial charge >= 0.3 is 5.97 Å². The minimum Gasteiger partial charge on any atom is -0.461 e. The van der Waals surface area contributed by atoms with Gasteiger partial charge in [0, 0.05) is 40.0 Å². The van der Waals surface area contributed by atoms with E-state index < -0.39 is 27.8 Å². The number of ketones is 1. The van der Waals surface area contributed by atoms with Gasteiger partial charge in [0.05, 0.1) is 11.9 Å². The van der Waals surface area contributed by atoms with Crippen LogP contribution in [0.1, 0.15) is 84.0 Å². The van der Waals surface area contributed by atoms with E-state index in [1.165, 1.54) is 11.8 Å². The first-order valence-electron chi connectivity index (χ1n) is 14.7. The highest BCUT2D eigenvalue weighted by atomic mass is 32.2. The number of nitrogens with one attached hydrogen (secondary N) is 1. The summed E-state index contributed by atoms with van der Waals surface area (Å²) in [4.78, 5) is 39.5. The highest BCUT2D eigenvalue weighted by molar-refractivity contribution is 8.01. The van der Waals surface area contributed by atoms with Crippen molar-refractivity contribution in [3.8, 4) is 0 Å². The largest absolute Gasteiger partial charge is 0.461 e. The van der Waals surface area contributed by atoms with Crippen molar-refractivity contribution >= 4 is 29.4 Å². The number of esters is 1. The Bertz CT molecular complexity index is 1140. The van der Waals surface area contributed by atoms with Crippen LogP contribution in [0.3, 0.4) is 0 Å². The quantitative estimate of drug-likeness (QED) is 0.302. The Labute approximate surface area is 244 Å². The minimum atomic E-state index is -0.681. The monoisotopic (exact) mass is 569 g/mol. The van der Waals surface area contributed by atoms with Gasteiger partial charge in [-0.05, 0) is 68.9 Å². The molecule has 40 heavy (non-hydrogen) atoms. The fourth-order valence-electron chi connectivity index (χ4n) is 7.98. The number of amides is 1. The van der Waals surface area contributed by atoms with E-state index in [2.05, 4.69) is 32.7 Å². The molecule has 0 heterocycles. The van der Waals surface area contributed by atoms with Gasteiger partial charge in [-0.15, -0.1) is 18.3 Å². The number of ether oxygens (including phenoxy) is 1. The zero-order valence-electron chi connectivity index (χ0n) is 25.0. The molecule has 2 bridgehead atoms. The molecule has 0 unspecified atom stereocenters. The summed E-state index contributed by atoms with van der Waals surface area (Å²) in [6.07, 6.45) is 4.20. The van der Waals surface area contributed by atoms with Gasteiger partial charge in [0.15, 0.2) is 0 Å². The van der Waals surface area contributed by atoms with Crippen molar-refractivity contribution in [2.24, 2.45) is 34.0 Å². The lowest BCUT2D eigenvalue weighted by molar-refractivity contribution is -0.205. The number of thioether (sulfide) groups is 1. The van der Waals surface area contributed by atoms with Crippen LogP contribution < -0.4 is 5.32 Å². The fourth-order valence-corrected chi connectivity index (χ4v) is 8.74. The van der Waals surface area contributed by atoms with Crippen LogP contribution in [0.2, 0.25) is 0 Å². The van der Waals surface area contributed by atoms with Crippen LogP contribution in [0.4, 0.5) is 0 Å². The Morgan fingerprint density at radius 3 is 2.52 bits per heavy atom. The number of carbonyl (C=O) groups excluding carboxylic acids is 3. The molecule has 0 aromatic heterocycles. The Balaban J connectivity index is 1.52. The summed E-state index contributed by atoms with van der Waals surface area (Å²) in [6.45, 7) is 16.9. The van der Waals surface area contributed by atoms with Crippen molar-refractivity contribution in [1.82, 2.24) is 5.32 Å². The molecule has 0 spiro atoms. The van der Waals surface area contributed by atoms with Gasteiger partial charge in [0.25, 0.3) is 5.91 Å². The standard InChI is InChI=1S/C33H47NO5S/c1-8-31(6)18-25(32(7)21(2)14-16-33(22(3)28(31)37)17-15-24(35)27(32)33)39-26(36)19-40-30(4,5)20-34-29(38)23-12-10-9-11-13-23/h8-13,21-22,25,27-28,37H,1,14-20H2,2-7H3,(H,34,38)/t21-,22+,25-,27-,28+,31-,32+,33+/m1/s1. The topological polar surface area (TPSA) is 92.7 Å². The van der Waals surface area contributed by atoms with Gasteiger partial charge < -0.3 is 15.2 Å². The second-order valence-corrected chi connectivity index (χ2v) is 15.3. The normalized spacial score (nSPS) is 37.6. The lowest BCUT2D eigenvalue weighted by Crippen LogP contribution is -2.63. The van der Waals surface area contributed by atoms with Crippen molar-refractivity contribution in [3.63, 3.8) is 0 Å². The van der Waals surface area contributed by atoms with E-state index in [0.717, 1.165) is 19.3 Å². The van der Waals surface area contributed by atoms with Crippen molar-refractivity contribution in [3.05, 3.63) is 48.6 Å². The molecule has 6 nitrogen and oxygen atoms in total. The third-order valence-corrected chi connectivity index (χ3v) is 12.2. The zero-order chi connectivity index (χ0) is 29.5. The molecule has 220 valence electrons. The summed E-state index contributed by atoms with van der Waals surface area (Å²) in [5.41, 5.74) is -0.869. The number of carbonyl (C=O) groups is 3. The summed E-state index contributed by atoms with van der Waals surface area (Å²) in [5, 5.41) is 14.6. The highest BCUT2D eigenvalue weighted by Gasteiger charge is 2.68. The molecule has 8 atom stereocenters. The number of aliphatic hydroxyl groups is 1. The number of rotatable bonds is 8. The Morgan fingerprint density at radius 2 is 1.88 bits per heavy atom. The number of hydrogen-bond donors (Lipinski definition) is 2. The first kappa shape index (κ1) is 30.8. The van der Waals surface area contributed by atoms with Gasteiger partial charge in [0.2, 0.25) is 0 Å². The van der Waals surface area contributed by atoms with Crippen LogP contribution >= 0.6 is 11.8 Å². The molecule has 1 amide bonds. The molecule has 0 radical (unpaired) electrons. The molecule has 0 saturated heterocycles. The summed E-state index contributed by atoms with van der Waals surface area (Å²) >= 11 is 1.44. The Hall–Kier alpha value is -2.12. The number of aliphatic hydroxyl groups excluding tert-OH is 1. The zero-order valence-corrected chi connectivity index (χ0v) is 25.8. The Kier molecular flexibility index (Phi) is 8.69. The van der Waals surface area contributed by atoms with Crippen molar-refractivity contribution in [1.29, 1.82) is 0 Å². The number of benzene rings is 1. The third kappa shape index (κ3) is 5.40. The van der Waals surface area contributed by atoms with Crippen LogP contribution in [0.25, 0.3) is 0 Å². The molecule has 0 aliphatic heterocycles. The molecule has 3 fully saturated rings. The summed E-state index contributed by atoms with van der Waals surface area (Å²) in [5.74, 6) is -0.201. The third-order valence-electron chi connectivity index (χ3n) is 10.9. The molecule has 7 heteroatoms. The lowest BCUT2D eigenvalue weighted by Gasteiger charge is -2.61. The molecule has 4 rings (SSSR count). The van der Waals surface area contributed by atoms with Gasteiger partial charge in [-0.2, -0.15) is 0 Å². The highest BCUT2D eigenvalue weighted by Crippen LogP contribution is 2.68. The fraction of sp³-hybridized carbons (Fsp3) is 0.667. The van der Waals surface area contributed by atoms with Crippen molar-refractivity contribution in [2.75, 3.05) is 12.3 Å². The van der Waals surface area contributed by atoms with Crippen LogP contribution in [0, 0.1) is 34.0 Å². The maximum Gasteiger partial charge on any atom is 0.316 e. The molecule has 2 N–H and O–H groups in total. The van der Waals surface area contributed by atoms with Crippen LogP contribution in [0.15, 0.2) is 43.0 Å². The van der Waals surface area contributed by atoms with Gasteiger partial charge in [-0.3, -0.25) is 14.4 Å². The first-order valence-corrected chi connectivity index (χ1v) is 15.7. The molecule has 1 aromatic rings. The maximum atomic E-state index is 13.6. The van der Waals surface area contributed by atoms with E-state index in [-0.39, 0.29) is 46.6 Å². The second kappa shape index (κ2) is 11.3. The first-order chi connectivity index (χ1) is 18.7. The molecular formula is C33H47NO5S. The molecule has 3 aliphatic rings. The SMILES string of the molecule is C=C[C@]1(C)C[C@@H](OC(=O)CSC(C)(C)CNC(=O)c2ccccc2)[C@]2(C)[C@H](C)CC[C@]3(CCC(=O)[C@@H]32)[C@@H](C)[C@@H]1O. The van der Waals surface area contributed by atoms with Crippen molar-refractivity contribution < 1.29 is 24.2 Å². The number of hydrogen-bond acceptors (Lipinski definition) is 6. The summed E-state index contributed by atoms with van der Waals surface area (Å²) in [6, 6.07) is 9.07. The maximum absolute atomic E-state index is 13.6. The van der Waals surface area contributed by atoms with E-state index in [0.29, 0.717) is 24.9 Å². The molecule has 1 aromatic carbocycles. The Morgan fingerprint density at radius 1 is 1.20 bits per heavy atom. The molecule has 3 saturated carbocycles. The van der Waals surface area contributed by atoms with Crippen LogP contribution in [0.5, 0.6) is 0 Å². The van der Waals surface area contributed by atoms with Gasteiger partial charge in [-0.25, -0.2) is 0 Å². The van der Waals surface area contributed by atoms with E-state index >= 15 is 0 Å². The lowest BCUT2D eigenvalue weighted by atomic mass is 9.44. The van der Waals surface area contributed by atoms with Crippen LogP contribution in [-0.2, 0) is 14.3 Å². The predicted molar refractivity (Wildman–Crippen MR) is 160 cm³/mol. The average Bonchev–Trinajstić information content (AvgIpc) is 3.29. The number of Topliss-reactive ketones (excluding diaryl/α,β-unsaturated/α-hetero) is 1. The van der Waals surface area contributed by atoms with E-state index in [1.54, 1.807) is 12.1 Å². The van der Waals surface area contributed by atoms with Crippen LogP contribution in [-0.4, -0.2) is 52.0 Å². The van der Waals surface area contributed by atoms with E-state index in [9.17, 15) is 19.5 Å². The van der Waals surface area contributed by atoms with Gasteiger partial charge in [0.1, 0.15) is 11.9 Å². The smallest absolute Gasteiger partial charge is 0.316 e. The minimum absolute atomic E-state index is 0.0575. The molecule has 3 aliphatic carbocycles. The summed E-state index contributed by atoms with van der Waals surface area (Å²) < 4.78 is 5.95. The second-order valence-electron chi connectivity index (χ2n) is 13.7. The average molecular weight is 570 g/mol. The predicted octanol–water partition coefficient (Wildman–Crippen LogP) is 5.83. The summed E-state index contributed by atoms with van der Waals surface area (Å²) in [7, 11) is 0. The van der Waals surface area contributed by atoms with Gasteiger partial charge in [-0.1, -0.05) is 52.0 Å². The van der Waals surface area contributed by atoms with E-state index in [1.807, 2.05) is 45.0 Å². The molecular weight excluding hydrogens is 522 g/mol. The van der Waals surface area contributed by atoms with Crippen molar-refractivity contribution in [2.45, 2.75) is 90.6 Å². The van der Waals surface area contributed by atoms with E-state index in [4.69, 9.17) is 4.74 Å².